The number of halogens is 3. The molecule has 0 aliphatic carbocycles. The van der Waals surface area contributed by atoms with E-state index in [1.54, 1.807) is 12.1 Å². The van der Waals surface area contributed by atoms with Crippen LogP contribution < -0.4 is 10.9 Å². The lowest BCUT2D eigenvalue weighted by Gasteiger charge is -2.17. The van der Waals surface area contributed by atoms with Gasteiger partial charge in [-0.05, 0) is 17.0 Å². The Bertz CT molecular complexity index is 394. The monoisotopic (exact) mass is 230 g/mol. The summed E-state index contributed by atoms with van der Waals surface area (Å²) >= 11 is 0. The Morgan fingerprint density at radius 2 is 1.81 bits per heavy atom. The topological polar surface area (TPSA) is 43.9 Å². The molecule has 1 aromatic rings. The van der Waals surface area contributed by atoms with Gasteiger partial charge in [0.05, 0.1) is 0 Å². The number of alkyl halides is 3. The molecule has 0 spiro atoms. The molecule has 1 aliphatic heterocycles. The Balaban J connectivity index is 2.38. The number of rotatable bonds is 2. The van der Waals surface area contributed by atoms with E-state index in [1.807, 2.05) is 19.9 Å². The van der Waals surface area contributed by atoms with Crippen LogP contribution in [-0.4, -0.2) is 6.18 Å². The molecule has 0 radical (unpaired) electrons. The van der Waals surface area contributed by atoms with E-state index in [0.29, 0.717) is 0 Å². The molecular weight excluding hydrogens is 217 g/mol. The smallest absolute Gasteiger partial charge is 0.223 e. The van der Waals surface area contributed by atoms with Gasteiger partial charge in [-0.3, -0.25) is 0 Å². The number of hydrogen-bond acceptors (Lipinski definition) is 2. The molecule has 0 amide bonds. The highest BCUT2D eigenvalue weighted by Crippen LogP contribution is 2.42. The molecular formula is C11H13F3N2. The SMILES string of the molecule is CC(C)c1cccc(C2(C(F)(F)F)NN2)c1. The average Bonchev–Trinajstić information content (AvgIpc) is 2.97. The van der Waals surface area contributed by atoms with Crippen molar-refractivity contribution in [2.75, 3.05) is 0 Å². The van der Waals surface area contributed by atoms with Crippen molar-refractivity contribution < 1.29 is 13.2 Å². The summed E-state index contributed by atoms with van der Waals surface area (Å²) in [6.45, 7) is 3.90. The Hall–Kier alpha value is -1.07. The van der Waals surface area contributed by atoms with Crippen LogP contribution in [0.4, 0.5) is 13.2 Å². The standard InChI is InChI=1S/C11H13F3N2/c1-7(2)8-4-3-5-9(6-8)10(15-16-10)11(12,13)14/h3-7,15-16H,1-2H3. The number of benzene rings is 1. The van der Waals surface area contributed by atoms with Crippen LogP contribution in [0.25, 0.3) is 0 Å². The van der Waals surface area contributed by atoms with Gasteiger partial charge in [0, 0.05) is 0 Å². The molecule has 1 heterocycles. The van der Waals surface area contributed by atoms with Crippen molar-refractivity contribution in [3.05, 3.63) is 35.4 Å². The van der Waals surface area contributed by atoms with Crippen molar-refractivity contribution >= 4 is 0 Å². The fraction of sp³-hybridized carbons (Fsp3) is 0.455. The minimum Gasteiger partial charge on any atom is -0.223 e. The van der Waals surface area contributed by atoms with Crippen molar-refractivity contribution in [2.24, 2.45) is 0 Å². The van der Waals surface area contributed by atoms with E-state index >= 15 is 0 Å². The molecule has 1 fully saturated rings. The summed E-state index contributed by atoms with van der Waals surface area (Å²) in [5.74, 6) is 0.212. The molecule has 0 saturated carbocycles. The molecule has 0 bridgehead atoms. The number of hydrogen-bond donors (Lipinski definition) is 2. The maximum Gasteiger partial charge on any atom is 0.426 e. The van der Waals surface area contributed by atoms with E-state index in [9.17, 15) is 13.2 Å². The van der Waals surface area contributed by atoms with Gasteiger partial charge in [0.15, 0.2) is 0 Å². The number of hydrazine groups is 1. The van der Waals surface area contributed by atoms with E-state index in [1.165, 1.54) is 6.07 Å². The molecule has 2 rings (SSSR count). The van der Waals surface area contributed by atoms with Crippen LogP contribution >= 0.6 is 0 Å². The van der Waals surface area contributed by atoms with E-state index in [2.05, 4.69) is 10.9 Å². The second-order valence-corrected chi connectivity index (χ2v) is 4.28. The summed E-state index contributed by atoms with van der Waals surface area (Å²) in [6.07, 6.45) is -4.33. The van der Waals surface area contributed by atoms with Crippen molar-refractivity contribution in [2.45, 2.75) is 31.6 Å². The third kappa shape index (κ3) is 1.70. The molecule has 5 heteroatoms. The highest BCUT2D eigenvalue weighted by molar-refractivity contribution is 5.34. The summed E-state index contributed by atoms with van der Waals surface area (Å²) < 4.78 is 38.4. The first kappa shape index (κ1) is 11.4. The zero-order valence-corrected chi connectivity index (χ0v) is 9.02. The second kappa shape index (κ2) is 3.46. The summed E-state index contributed by atoms with van der Waals surface area (Å²) in [4.78, 5) is 0. The summed E-state index contributed by atoms with van der Waals surface area (Å²) in [6, 6.07) is 6.55. The van der Waals surface area contributed by atoms with Gasteiger partial charge >= 0.3 is 6.18 Å². The highest BCUT2D eigenvalue weighted by atomic mass is 19.4. The first-order chi connectivity index (χ1) is 7.37. The molecule has 1 saturated heterocycles. The largest absolute Gasteiger partial charge is 0.426 e. The molecule has 16 heavy (non-hydrogen) atoms. The van der Waals surface area contributed by atoms with Gasteiger partial charge in [-0.15, -0.1) is 0 Å². The van der Waals surface area contributed by atoms with E-state index in [0.717, 1.165) is 5.56 Å². The molecule has 0 atom stereocenters. The maximum atomic E-state index is 12.8. The predicted octanol–water partition coefficient (Wildman–Crippen LogP) is 2.63. The van der Waals surface area contributed by atoms with Crippen LogP contribution in [0.3, 0.4) is 0 Å². The van der Waals surface area contributed by atoms with Crippen LogP contribution in [0, 0.1) is 0 Å². The first-order valence-electron chi connectivity index (χ1n) is 5.08. The van der Waals surface area contributed by atoms with Gasteiger partial charge in [0.2, 0.25) is 5.66 Å². The van der Waals surface area contributed by atoms with Crippen LogP contribution in [0.15, 0.2) is 24.3 Å². The van der Waals surface area contributed by atoms with Crippen LogP contribution in [0.1, 0.15) is 30.9 Å². The quantitative estimate of drug-likeness (QED) is 0.767. The van der Waals surface area contributed by atoms with Crippen molar-refractivity contribution in [3.63, 3.8) is 0 Å². The molecule has 2 N–H and O–H groups in total. The lowest BCUT2D eigenvalue weighted by molar-refractivity contribution is -0.165. The summed E-state index contributed by atoms with van der Waals surface area (Å²) in [5.41, 5.74) is 3.46. The zero-order valence-electron chi connectivity index (χ0n) is 9.02. The van der Waals surface area contributed by atoms with Crippen LogP contribution in [0.2, 0.25) is 0 Å². The highest BCUT2D eigenvalue weighted by Gasteiger charge is 2.65. The van der Waals surface area contributed by atoms with E-state index in [-0.39, 0.29) is 11.5 Å². The van der Waals surface area contributed by atoms with Gasteiger partial charge in [0.1, 0.15) is 0 Å². The molecule has 1 aromatic carbocycles. The molecule has 1 aliphatic rings. The number of nitrogens with one attached hydrogen (secondary N) is 2. The Labute approximate surface area is 91.8 Å². The van der Waals surface area contributed by atoms with Gasteiger partial charge in [-0.2, -0.15) is 13.2 Å². The predicted molar refractivity (Wildman–Crippen MR) is 54.5 cm³/mol. The molecule has 2 nitrogen and oxygen atoms in total. The second-order valence-electron chi connectivity index (χ2n) is 4.28. The third-order valence-corrected chi connectivity index (χ3v) is 2.79. The van der Waals surface area contributed by atoms with Gasteiger partial charge < -0.3 is 0 Å². The minimum absolute atomic E-state index is 0.212. The van der Waals surface area contributed by atoms with Gasteiger partial charge in [0.25, 0.3) is 0 Å². The molecule has 88 valence electrons. The first-order valence-corrected chi connectivity index (χ1v) is 5.08. The van der Waals surface area contributed by atoms with Crippen molar-refractivity contribution in [1.29, 1.82) is 0 Å². The van der Waals surface area contributed by atoms with Crippen LogP contribution in [-0.2, 0) is 5.66 Å². The lowest BCUT2D eigenvalue weighted by Crippen LogP contribution is -2.34. The van der Waals surface area contributed by atoms with Crippen molar-refractivity contribution in [3.8, 4) is 0 Å². The third-order valence-electron chi connectivity index (χ3n) is 2.79. The van der Waals surface area contributed by atoms with Crippen molar-refractivity contribution in [1.82, 2.24) is 10.9 Å². The van der Waals surface area contributed by atoms with E-state index in [4.69, 9.17) is 0 Å². The maximum absolute atomic E-state index is 12.8. The normalized spacial score (nSPS) is 18.9. The van der Waals surface area contributed by atoms with Crippen LogP contribution in [0.5, 0.6) is 0 Å². The molecule has 0 aromatic heterocycles. The lowest BCUT2D eigenvalue weighted by atomic mass is 9.96. The van der Waals surface area contributed by atoms with Gasteiger partial charge in [-0.1, -0.05) is 38.1 Å². The zero-order chi connectivity index (χ0) is 12.0. The minimum atomic E-state index is -4.33. The fourth-order valence-electron chi connectivity index (χ4n) is 1.64. The summed E-state index contributed by atoms with van der Waals surface area (Å²) in [7, 11) is 0. The average molecular weight is 230 g/mol. The Morgan fingerprint density at radius 1 is 1.19 bits per heavy atom. The van der Waals surface area contributed by atoms with E-state index < -0.39 is 11.8 Å². The fourth-order valence-corrected chi connectivity index (χ4v) is 1.64. The molecule has 0 unspecified atom stereocenters. The van der Waals surface area contributed by atoms with Gasteiger partial charge in [-0.25, -0.2) is 10.9 Å². The summed E-state index contributed by atoms with van der Waals surface area (Å²) in [5, 5.41) is 0. The Morgan fingerprint density at radius 3 is 2.25 bits per heavy atom. The Kier molecular flexibility index (Phi) is 2.47.